The molecule has 0 aliphatic rings. The van der Waals surface area contributed by atoms with E-state index in [9.17, 15) is 0 Å². The SMILES string of the molecule is CCC(CC)c1cnnc(Nc2ccc3ncc(-c4cnn(C)c4)cc3n2)c1. The molecule has 0 aromatic carbocycles. The normalized spacial score (nSPS) is 11.3. The van der Waals surface area contributed by atoms with Crippen molar-refractivity contribution in [3.63, 3.8) is 0 Å². The minimum Gasteiger partial charge on any atom is -0.323 e. The Morgan fingerprint density at radius 1 is 0.964 bits per heavy atom. The first-order valence-electron chi connectivity index (χ1n) is 9.51. The molecule has 0 bridgehead atoms. The van der Waals surface area contributed by atoms with Gasteiger partial charge in [0.25, 0.3) is 0 Å². The first kappa shape index (κ1) is 18.0. The van der Waals surface area contributed by atoms with Crippen LogP contribution < -0.4 is 5.32 Å². The van der Waals surface area contributed by atoms with Crippen LogP contribution in [0, 0.1) is 0 Å². The van der Waals surface area contributed by atoms with Crippen molar-refractivity contribution < 1.29 is 0 Å². The highest BCUT2D eigenvalue weighted by Gasteiger charge is 2.10. The first-order valence-corrected chi connectivity index (χ1v) is 9.51. The van der Waals surface area contributed by atoms with Crippen molar-refractivity contribution in [3.05, 3.63) is 54.6 Å². The average molecular weight is 373 g/mol. The van der Waals surface area contributed by atoms with E-state index in [4.69, 9.17) is 4.98 Å². The second kappa shape index (κ2) is 7.72. The van der Waals surface area contributed by atoms with Crippen LogP contribution >= 0.6 is 0 Å². The Hall–Kier alpha value is -3.35. The second-order valence-electron chi connectivity index (χ2n) is 6.87. The lowest BCUT2D eigenvalue weighted by atomic mass is 9.96. The van der Waals surface area contributed by atoms with Crippen molar-refractivity contribution in [1.82, 2.24) is 29.9 Å². The smallest absolute Gasteiger partial charge is 0.154 e. The van der Waals surface area contributed by atoms with E-state index in [2.05, 4.69) is 45.5 Å². The van der Waals surface area contributed by atoms with Gasteiger partial charge in [0.2, 0.25) is 0 Å². The molecule has 0 radical (unpaired) electrons. The minimum absolute atomic E-state index is 0.492. The van der Waals surface area contributed by atoms with Gasteiger partial charge in [0.1, 0.15) is 5.82 Å². The highest BCUT2D eigenvalue weighted by atomic mass is 15.2. The Balaban J connectivity index is 1.63. The molecule has 4 rings (SSSR count). The number of hydrogen-bond donors (Lipinski definition) is 1. The maximum absolute atomic E-state index is 4.71. The molecule has 7 nitrogen and oxygen atoms in total. The molecule has 0 aliphatic heterocycles. The van der Waals surface area contributed by atoms with Crippen molar-refractivity contribution >= 4 is 22.7 Å². The van der Waals surface area contributed by atoms with Gasteiger partial charge in [-0.2, -0.15) is 10.2 Å². The van der Waals surface area contributed by atoms with Crippen molar-refractivity contribution in [3.8, 4) is 11.1 Å². The molecule has 4 aromatic heterocycles. The highest BCUT2D eigenvalue weighted by molar-refractivity contribution is 5.81. The maximum atomic E-state index is 4.71. The third-order valence-electron chi connectivity index (χ3n) is 4.96. The van der Waals surface area contributed by atoms with E-state index in [1.54, 1.807) is 4.68 Å². The van der Waals surface area contributed by atoms with Gasteiger partial charge in [-0.1, -0.05) is 13.8 Å². The Bertz CT molecular complexity index is 1100. The predicted molar refractivity (Wildman–Crippen MR) is 110 cm³/mol. The van der Waals surface area contributed by atoms with Crippen LogP contribution in [0.1, 0.15) is 38.2 Å². The lowest BCUT2D eigenvalue weighted by Crippen LogP contribution is -2.02. The zero-order valence-electron chi connectivity index (χ0n) is 16.3. The summed E-state index contributed by atoms with van der Waals surface area (Å²) in [5.74, 6) is 1.91. The number of rotatable bonds is 6. The van der Waals surface area contributed by atoms with E-state index < -0.39 is 0 Å². The lowest BCUT2D eigenvalue weighted by Gasteiger charge is -2.13. The third kappa shape index (κ3) is 3.69. The van der Waals surface area contributed by atoms with E-state index in [1.165, 1.54) is 5.56 Å². The zero-order valence-corrected chi connectivity index (χ0v) is 16.3. The standard InChI is InChI=1S/C21H23N7/c1-4-14(5-2)16-9-21(27-23-11-16)26-20-7-6-18-19(25-20)8-15(10-22-18)17-12-24-28(3)13-17/h6-14H,4-5H2,1-3H3,(H,25,26,27). The van der Waals surface area contributed by atoms with Gasteiger partial charge in [-0.05, 0) is 48.6 Å². The molecule has 4 aromatic rings. The van der Waals surface area contributed by atoms with Crippen molar-refractivity contribution in [1.29, 1.82) is 0 Å². The Labute approximate surface area is 163 Å². The van der Waals surface area contributed by atoms with Crippen LogP contribution in [0.15, 0.2) is 49.1 Å². The Kier molecular flexibility index (Phi) is 4.97. The van der Waals surface area contributed by atoms with Crippen LogP contribution in [-0.2, 0) is 7.05 Å². The summed E-state index contributed by atoms with van der Waals surface area (Å²) in [6.45, 7) is 4.39. The molecule has 0 unspecified atom stereocenters. The molecule has 0 atom stereocenters. The quantitative estimate of drug-likeness (QED) is 0.537. The summed E-state index contributed by atoms with van der Waals surface area (Å²) < 4.78 is 1.77. The summed E-state index contributed by atoms with van der Waals surface area (Å²) >= 11 is 0. The molecule has 0 saturated heterocycles. The zero-order chi connectivity index (χ0) is 19.5. The molecule has 1 N–H and O–H groups in total. The largest absolute Gasteiger partial charge is 0.323 e. The number of aryl methyl sites for hydroxylation is 1. The number of aromatic nitrogens is 6. The van der Waals surface area contributed by atoms with Crippen LogP contribution in [0.25, 0.3) is 22.2 Å². The highest BCUT2D eigenvalue weighted by Crippen LogP contribution is 2.25. The number of nitrogens with one attached hydrogen (secondary N) is 1. The van der Waals surface area contributed by atoms with Crippen LogP contribution in [-0.4, -0.2) is 29.9 Å². The number of anilines is 2. The monoisotopic (exact) mass is 373 g/mol. The molecule has 28 heavy (non-hydrogen) atoms. The number of pyridine rings is 2. The van der Waals surface area contributed by atoms with Gasteiger partial charge >= 0.3 is 0 Å². The molecule has 7 heteroatoms. The van der Waals surface area contributed by atoms with Gasteiger partial charge < -0.3 is 5.32 Å². The van der Waals surface area contributed by atoms with Crippen molar-refractivity contribution in [2.75, 3.05) is 5.32 Å². The molecule has 0 spiro atoms. The summed E-state index contributed by atoms with van der Waals surface area (Å²) in [6, 6.07) is 7.94. The summed E-state index contributed by atoms with van der Waals surface area (Å²) in [6.07, 6.45) is 9.64. The van der Waals surface area contributed by atoms with Crippen LogP contribution in [0.5, 0.6) is 0 Å². The van der Waals surface area contributed by atoms with Gasteiger partial charge in [0.15, 0.2) is 5.82 Å². The van der Waals surface area contributed by atoms with Gasteiger partial charge in [-0.3, -0.25) is 9.67 Å². The fourth-order valence-corrected chi connectivity index (χ4v) is 3.36. The summed E-state index contributed by atoms with van der Waals surface area (Å²) in [5.41, 5.74) is 4.86. The molecule has 142 valence electrons. The van der Waals surface area contributed by atoms with E-state index in [0.717, 1.165) is 35.0 Å². The number of hydrogen-bond acceptors (Lipinski definition) is 6. The molecule has 0 amide bonds. The van der Waals surface area contributed by atoms with Crippen LogP contribution in [0.4, 0.5) is 11.6 Å². The first-order chi connectivity index (χ1) is 13.7. The average Bonchev–Trinajstić information content (AvgIpc) is 3.15. The molecule has 0 aliphatic carbocycles. The summed E-state index contributed by atoms with van der Waals surface area (Å²) in [7, 11) is 1.90. The van der Waals surface area contributed by atoms with Gasteiger partial charge in [0, 0.05) is 30.6 Å². The molecule has 0 fully saturated rings. The second-order valence-corrected chi connectivity index (χ2v) is 6.87. The van der Waals surface area contributed by atoms with Crippen LogP contribution in [0.2, 0.25) is 0 Å². The number of fused-ring (bicyclic) bond motifs is 1. The third-order valence-corrected chi connectivity index (χ3v) is 4.96. The lowest BCUT2D eigenvalue weighted by molar-refractivity contribution is 0.637. The van der Waals surface area contributed by atoms with E-state index in [-0.39, 0.29) is 0 Å². The van der Waals surface area contributed by atoms with E-state index >= 15 is 0 Å². The summed E-state index contributed by atoms with van der Waals surface area (Å²) in [4.78, 5) is 9.23. The van der Waals surface area contributed by atoms with Gasteiger partial charge in [0.05, 0.1) is 23.4 Å². The Morgan fingerprint density at radius 2 is 1.82 bits per heavy atom. The van der Waals surface area contributed by atoms with Gasteiger partial charge in [-0.25, -0.2) is 4.98 Å². The van der Waals surface area contributed by atoms with E-state index in [0.29, 0.717) is 17.6 Å². The maximum Gasteiger partial charge on any atom is 0.154 e. The minimum atomic E-state index is 0.492. The van der Waals surface area contributed by atoms with Gasteiger partial charge in [-0.15, -0.1) is 5.10 Å². The van der Waals surface area contributed by atoms with Crippen molar-refractivity contribution in [2.45, 2.75) is 32.6 Å². The fraction of sp³-hybridized carbons (Fsp3) is 0.286. The molecular weight excluding hydrogens is 350 g/mol. The number of nitrogens with zero attached hydrogens (tertiary/aromatic N) is 6. The fourth-order valence-electron chi connectivity index (χ4n) is 3.36. The molecule has 0 saturated carbocycles. The molecule has 4 heterocycles. The Morgan fingerprint density at radius 3 is 2.57 bits per heavy atom. The summed E-state index contributed by atoms with van der Waals surface area (Å²) in [5, 5.41) is 15.9. The predicted octanol–water partition coefficient (Wildman–Crippen LogP) is 4.47. The van der Waals surface area contributed by atoms with E-state index in [1.807, 2.05) is 50.0 Å². The van der Waals surface area contributed by atoms with Crippen molar-refractivity contribution in [2.24, 2.45) is 7.05 Å². The van der Waals surface area contributed by atoms with Crippen LogP contribution in [0.3, 0.4) is 0 Å². The topological polar surface area (TPSA) is 81.4 Å². The molecular formula is C21H23N7.